The van der Waals surface area contributed by atoms with Crippen molar-refractivity contribution in [1.29, 1.82) is 5.26 Å². The number of rotatable bonds is 6. The van der Waals surface area contributed by atoms with E-state index in [0.29, 0.717) is 0 Å². The maximum atomic E-state index is 12.6. The van der Waals surface area contributed by atoms with Gasteiger partial charge in [0, 0.05) is 19.7 Å². The smallest absolute Gasteiger partial charge is 0.244 e. The maximum Gasteiger partial charge on any atom is 0.244 e. The van der Waals surface area contributed by atoms with Crippen molar-refractivity contribution in [2.24, 2.45) is 0 Å². The molecule has 20 heavy (non-hydrogen) atoms. The average molecular weight is 317 g/mol. The molecule has 0 N–H and O–H groups in total. The van der Waals surface area contributed by atoms with Crippen LogP contribution in [0.25, 0.3) is 0 Å². The third-order valence-electron chi connectivity index (χ3n) is 2.74. The van der Waals surface area contributed by atoms with Gasteiger partial charge in [-0.3, -0.25) is 0 Å². The Morgan fingerprint density at radius 3 is 2.60 bits per heavy atom. The fourth-order valence-corrected chi connectivity index (χ4v) is 3.86. The van der Waals surface area contributed by atoms with Crippen molar-refractivity contribution >= 4 is 21.6 Å². The highest BCUT2D eigenvalue weighted by Gasteiger charge is 2.29. The zero-order valence-corrected chi connectivity index (χ0v) is 13.2. The lowest BCUT2D eigenvalue weighted by atomic mass is 10.2. The highest BCUT2D eigenvalue weighted by atomic mass is 35.5. The number of ether oxygens (including phenoxy) is 1. The molecule has 0 unspecified atom stereocenters. The minimum Gasteiger partial charge on any atom is -0.383 e. The number of nitriles is 1. The Bertz CT molecular complexity index is 609. The predicted molar refractivity (Wildman–Crippen MR) is 77.1 cm³/mol. The number of sulfonamides is 1. The van der Waals surface area contributed by atoms with E-state index in [1.165, 1.54) is 29.6 Å². The third-order valence-corrected chi connectivity index (χ3v) is 5.30. The van der Waals surface area contributed by atoms with E-state index in [4.69, 9.17) is 21.6 Å². The molecule has 7 heteroatoms. The van der Waals surface area contributed by atoms with E-state index >= 15 is 0 Å². The summed E-state index contributed by atoms with van der Waals surface area (Å²) in [5.41, 5.74) is 0.253. The monoisotopic (exact) mass is 316 g/mol. The second kappa shape index (κ2) is 7.04. The largest absolute Gasteiger partial charge is 0.383 e. The normalized spacial score (nSPS) is 11.8. The second-order valence-electron chi connectivity index (χ2n) is 4.46. The first-order chi connectivity index (χ1) is 9.34. The molecule has 1 rings (SSSR count). The lowest BCUT2D eigenvalue weighted by Crippen LogP contribution is -2.39. The third kappa shape index (κ3) is 3.70. The van der Waals surface area contributed by atoms with Crippen LogP contribution in [0.15, 0.2) is 23.1 Å². The molecule has 0 amide bonds. The van der Waals surface area contributed by atoms with Crippen LogP contribution in [0.1, 0.15) is 19.4 Å². The molecular weight excluding hydrogens is 300 g/mol. The van der Waals surface area contributed by atoms with Gasteiger partial charge in [-0.05, 0) is 32.0 Å². The number of hydrogen-bond acceptors (Lipinski definition) is 4. The van der Waals surface area contributed by atoms with Crippen molar-refractivity contribution in [3.05, 3.63) is 28.8 Å². The second-order valence-corrected chi connectivity index (χ2v) is 6.73. The summed E-state index contributed by atoms with van der Waals surface area (Å²) in [4.78, 5) is -0.0528. The first-order valence-corrected chi connectivity index (χ1v) is 7.86. The van der Waals surface area contributed by atoms with Gasteiger partial charge >= 0.3 is 0 Å². The Kier molecular flexibility index (Phi) is 5.96. The SMILES string of the molecule is COCCN(C(C)C)S(=O)(=O)c1cc(C#N)ccc1Cl. The maximum absolute atomic E-state index is 12.6. The molecule has 0 aliphatic heterocycles. The first kappa shape index (κ1) is 16.9. The first-order valence-electron chi connectivity index (χ1n) is 6.05. The lowest BCUT2D eigenvalue weighted by molar-refractivity contribution is 0.171. The summed E-state index contributed by atoms with van der Waals surface area (Å²) in [6, 6.07) is 5.87. The van der Waals surface area contributed by atoms with Gasteiger partial charge in [-0.1, -0.05) is 11.6 Å². The summed E-state index contributed by atoms with van der Waals surface area (Å²) in [6.07, 6.45) is 0. The molecule has 1 aromatic carbocycles. The van der Waals surface area contributed by atoms with Crippen LogP contribution in [0.3, 0.4) is 0 Å². The number of nitrogens with zero attached hydrogens (tertiary/aromatic N) is 2. The summed E-state index contributed by atoms with van der Waals surface area (Å²) in [5.74, 6) is 0. The Morgan fingerprint density at radius 2 is 2.10 bits per heavy atom. The Hall–Kier alpha value is -1.13. The molecule has 5 nitrogen and oxygen atoms in total. The summed E-state index contributed by atoms with van der Waals surface area (Å²) < 4.78 is 31.5. The molecule has 0 saturated heterocycles. The van der Waals surface area contributed by atoms with Crippen molar-refractivity contribution in [2.45, 2.75) is 24.8 Å². The number of hydrogen-bond donors (Lipinski definition) is 0. The topological polar surface area (TPSA) is 70.4 Å². The van der Waals surface area contributed by atoms with Gasteiger partial charge in [-0.25, -0.2) is 8.42 Å². The number of halogens is 1. The van der Waals surface area contributed by atoms with Gasteiger partial charge in [-0.2, -0.15) is 9.57 Å². The molecule has 0 radical (unpaired) electrons. The highest BCUT2D eigenvalue weighted by molar-refractivity contribution is 7.89. The van der Waals surface area contributed by atoms with Crippen molar-refractivity contribution in [3.63, 3.8) is 0 Å². The minimum absolute atomic E-state index is 0.0528. The molecule has 0 fully saturated rings. The van der Waals surface area contributed by atoms with Gasteiger partial charge in [0.15, 0.2) is 0 Å². The van der Waals surface area contributed by atoms with E-state index in [1.807, 2.05) is 6.07 Å². The molecule has 0 spiro atoms. The molecule has 110 valence electrons. The Labute approximate surface area is 124 Å². The average Bonchev–Trinajstić information content (AvgIpc) is 2.38. The quantitative estimate of drug-likeness (QED) is 0.807. The van der Waals surface area contributed by atoms with Crippen LogP contribution in [-0.2, 0) is 14.8 Å². The van der Waals surface area contributed by atoms with E-state index in [-0.39, 0.29) is 34.7 Å². The highest BCUT2D eigenvalue weighted by Crippen LogP contribution is 2.26. The van der Waals surface area contributed by atoms with Gasteiger partial charge in [0.2, 0.25) is 10.0 Å². The van der Waals surface area contributed by atoms with E-state index in [0.717, 1.165) is 0 Å². The molecule has 0 aromatic heterocycles. The van der Waals surface area contributed by atoms with E-state index in [9.17, 15) is 8.42 Å². The fourth-order valence-electron chi connectivity index (χ4n) is 1.73. The molecule has 1 aromatic rings. The molecule has 0 bridgehead atoms. The summed E-state index contributed by atoms with van der Waals surface area (Å²) in [5, 5.41) is 8.99. The number of methoxy groups -OCH3 is 1. The van der Waals surface area contributed by atoms with Crippen molar-refractivity contribution in [2.75, 3.05) is 20.3 Å². The van der Waals surface area contributed by atoms with Crippen LogP contribution >= 0.6 is 11.6 Å². The van der Waals surface area contributed by atoms with Gasteiger partial charge in [0.25, 0.3) is 0 Å². The minimum atomic E-state index is -3.77. The van der Waals surface area contributed by atoms with E-state index in [2.05, 4.69) is 0 Å². The summed E-state index contributed by atoms with van der Waals surface area (Å²) in [7, 11) is -2.26. The molecular formula is C13H17ClN2O3S. The van der Waals surface area contributed by atoms with Gasteiger partial charge < -0.3 is 4.74 Å². The fraction of sp³-hybridized carbons (Fsp3) is 0.462. The predicted octanol–water partition coefficient (Wildman–Crippen LogP) is 2.26. The van der Waals surface area contributed by atoms with Crippen LogP contribution in [-0.4, -0.2) is 39.0 Å². The van der Waals surface area contributed by atoms with Crippen LogP contribution in [0.2, 0.25) is 5.02 Å². The van der Waals surface area contributed by atoms with Crippen molar-refractivity contribution in [3.8, 4) is 6.07 Å². The number of benzene rings is 1. The zero-order valence-electron chi connectivity index (χ0n) is 11.6. The van der Waals surface area contributed by atoms with Crippen LogP contribution < -0.4 is 0 Å². The molecule has 0 saturated carbocycles. The standard InChI is InChI=1S/C13H17ClN2O3S/c1-10(2)16(6-7-19-3)20(17,18)13-8-11(9-15)4-5-12(13)14/h4-5,8,10H,6-7H2,1-3H3. The summed E-state index contributed by atoms with van der Waals surface area (Å²) >= 11 is 5.97. The van der Waals surface area contributed by atoms with Crippen LogP contribution in [0.5, 0.6) is 0 Å². The lowest BCUT2D eigenvalue weighted by Gasteiger charge is -2.26. The van der Waals surface area contributed by atoms with Crippen molar-refractivity contribution in [1.82, 2.24) is 4.31 Å². The van der Waals surface area contributed by atoms with E-state index in [1.54, 1.807) is 13.8 Å². The Balaban J connectivity index is 3.29. The molecule has 0 aliphatic carbocycles. The van der Waals surface area contributed by atoms with E-state index < -0.39 is 10.0 Å². The van der Waals surface area contributed by atoms with Gasteiger partial charge in [-0.15, -0.1) is 0 Å². The van der Waals surface area contributed by atoms with Gasteiger partial charge in [0.1, 0.15) is 4.90 Å². The summed E-state index contributed by atoms with van der Waals surface area (Å²) in [6.45, 7) is 4.06. The van der Waals surface area contributed by atoms with Crippen LogP contribution in [0.4, 0.5) is 0 Å². The van der Waals surface area contributed by atoms with Crippen molar-refractivity contribution < 1.29 is 13.2 Å². The van der Waals surface area contributed by atoms with Gasteiger partial charge in [0.05, 0.1) is 23.3 Å². The molecule has 0 atom stereocenters. The molecule has 0 aliphatic rings. The Morgan fingerprint density at radius 1 is 1.45 bits per heavy atom. The zero-order chi connectivity index (χ0) is 15.3. The van der Waals surface area contributed by atoms with Crippen LogP contribution in [0, 0.1) is 11.3 Å². The molecule has 0 heterocycles.